The summed E-state index contributed by atoms with van der Waals surface area (Å²) in [5.74, 6) is 0.239. The highest BCUT2D eigenvalue weighted by Gasteiger charge is 2.39. The predicted molar refractivity (Wildman–Crippen MR) is 88.7 cm³/mol. The number of sulfonamides is 1. The van der Waals surface area contributed by atoms with Crippen molar-refractivity contribution in [1.82, 2.24) is 9.62 Å². The predicted octanol–water partition coefficient (Wildman–Crippen LogP) is 1.90. The number of hydrogen-bond acceptors (Lipinski definition) is 3. The molecular weight excluding hydrogens is 312 g/mol. The first-order valence-electron chi connectivity index (χ1n) is 8.15. The molecule has 0 aromatic heterocycles. The third kappa shape index (κ3) is 3.43. The van der Waals surface area contributed by atoms with E-state index in [0.29, 0.717) is 30.4 Å². The molecule has 1 aromatic rings. The Kier molecular flexibility index (Phi) is 4.23. The van der Waals surface area contributed by atoms with Crippen LogP contribution < -0.4 is 4.72 Å². The summed E-state index contributed by atoms with van der Waals surface area (Å²) >= 11 is 0. The van der Waals surface area contributed by atoms with E-state index in [-0.39, 0.29) is 11.8 Å². The van der Waals surface area contributed by atoms with Gasteiger partial charge >= 0.3 is 0 Å². The molecule has 1 atom stereocenters. The van der Waals surface area contributed by atoms with Gasteiger partial charge in [-0.25, -0.2) is 13.1 Å². The highest BCUT2D eigenvalue weighted by molar-refractivity contribution is 7.89. The van der Waals surface area contributed by atoms with Gasteiger partial charge in [-0.05, 0) is 50.7 Å². The summed E-state index contributed by atoms with van der Waals surface area (Å²) in [6.45, 7) is 6.60. The first-order chi connectivity index (χ1) is 10.8. The SMILES string of the molecule is Cc1cc(C)c(S(=O)(=O)NCC2CC(=O)N(C3CC3)C2)c(C)c1. The molecule has 0 bridgehead atoms. The second-order valence-electron chi connectivity index (χ2n) is 6.93. The molecule has 126 valence electrons. The van der Waals surface area contributed by atoms with Gasteiger partial charge in [-0.2, -0.15) is 0 Å². The zero-order chi connectivity index (χ0) is 16.8. The first kappa shape index (κ1) is 16.5. The van der Waals surface area contributed by atoms with E-state index in [1.54, 1.807) is 0 Å². The topological polar surface area (TPSA) is 66.5 Å². The number of likely N-dealkylation sites (tertiary alicyclic amines) is 1. The number of rotatable bonds is 5. The minimum atomic E-state index is -3.55. The molecule has 1 unspecified atom stereocenters. The Bertz CT molecular complexity index is 715. The van der Waals surface area contributed by atoms with Crippen LogP contribution in [0, 0.1) is 26.7 Å². The molecule has 1 N–H and O–H groups in total. The van der Waals surface area contributed by atoms with Crippen LogP contribution in [0.2, 0.25) is 0 Å². The summed E-state index contributed by atoms with van der Waals surface area (Å²) < 4.78 is 28.0. The molecule has 0 radical (unpaired) electrons. The van der Waals surface area contributed by atoms with Crippen molar-refractivity contribution in [2.75, 3.05) is 13.1 Å². The van der Waals surface area contributed by atoms with Crippen LogP contribution in [-0.2, 0) is 14.8 Å². The number of hydrogen-bond donors (Lipinski definition) is 1. The second-order valence-corrected chi connectivity index (χ2v) is 8.63. The van der Waals surface area contributed by atoms with E-state index in [0.717, 1.165) is 29.5 Å². The monoisotopic (exact) mass is 336 g/mol. The van der Waals surface area contributed by atoms with Crippen molar-refractivity contribution >= 4 is 15.9 Å². The maximum Gasteiger partial charge on any atom is 0.241 e. The Morgan fingerprint density at radius 1 is 1.17 bits per heavy atom. The molecule has 3 rings (SSSR count). The molecular formula is C17H24N2O3S. The van der Waals surface area contributed by atoms with Crippen molar-refractivity contribution < 1.29 is 13.2 Å². The summed E-state index contributed by atoms with van der Waals surface area (Å²) in [4.78, 5) is 14.2. The van der Waals surface area contributed by atoms with Gasteiger partial charge in [0, 0.05) is 25.6 Å². The Balaban J connectivity index is 1.69. The van der Waals surface area contributed by atoms with Crippen LogP contribution in [0.3, 0.4) is 0 Å². The van der Waals surface area contributed by atoms with Crippen molar-refractivity contribution in [2.24, 2.45) is 5.92 Å². The van der Waals surface area contributed by atoms with E-state index in [4.69, 9.17) is 0 Å². The summed E-state index contributed by atoms with van der Waals surface area (Å²) in [6.07, 6.45) is 2.63. The average Bonchev–Trinajstić information content (AvgIpc) is 3.19. The number of amides is 1. The maximum atomic E-state index is 12.6. The van der Waals surface area contributed by atoms with Gasteiger partial charge in [0.1, 0.15) is 0 Å². The smallest absolute Gasteiger partial charge is 0.241 e. The minimum absolute atomic E-state index is 0.0731. The summed E-state index contributed by atoms with van der Waals surface area (Å²) in [6, 6.07) is 4.18. The van der Waals surface area contributed by atoms with E-state index in [1.165, 1.54) is 0 Å². The van der Waals surface area contributed by atoms with Crippen LogP contribution in [0.1, 0.15) is 36.0 Å². The normalized spacial score (nSPS) is 22.0. The van der Waals surface area contributed by atoms with Crippen LogP contribution in [0.25, 0.3) is 0 Å². The quantitative estimate of drug-likeness (QED) is 0.893. The maximum absolute atomic E-state index is 12.6. The Labute approximate surface area is 138 Å². The molecule has 5 nitrogen and oxygen atoms in total. The van der Waals surface area contributed by atoms with Crippen LogP contribution in [-0.4, -0.2) is 38.4 Å². The molecule has 1 heterocycles. The third-order valence-electron chi connectivity index (χ3n) is 4.66. The first-order valence-corrected chi connectivity index (χ1v) is 9.63. The lowest BCUT2D eigenvalue weighted by molar-refractivity contribution is -0.128. The van der Waals surface area contributed by atoms with Crippen LogP contribution in [0.4, 0.5) is 0 Å². The fraction of sp³-hybridized carbons (Fsp3) is 0.588. The van der Waals surface area contributed by atoms with Gasteiger partial charge in [0.05, 0.1) is 4.90 Å². The molecule has 1 saturated carbocycles. The molecule has 2 aliphatic rings. The van der Waals surface area contributed by atoms with Gasteiger partial charge in [-0.3, -0.25) is 4.79 Å². The number of nitrogens with one attached hydrogen (secondary N) is 1. The Hall–Kier alpha value is -1.40. The zero-order valence-corrected chi connectivity index (χ0v) is 14.7. The molecule has 0 spiro atoms. The van der Waals surface area contributed by atoms with E-state index in [2.05, 4.69) is 4.72 Å². The van der Waals surface area contributed by atoms with Gasteiger partial charge in [0.25, 0.3) is 0 Å². The van der Waals surface area contributed by atoms with Crippen LogP contribution in [0.5, 0.6) is 0 Å². The number of aryl methyl sites for hydroxylation is 3. The highest BCUT2D eigenvalue weighted by Crippen LogP contribution is 2.32. The van der Waals surface area contributed by atoms with Crippen LogP contribution in [0.15, 0.2) is 17.0 Å². The van der Waals surface area contributed by atoms with Gasteiger partial charge < -0.3 is 4.90 Å². The van der Waals surface area contributed by atoms with Gasteiger partial charge in [0.2, 0.25) is 15.9 Å². The number of nitrogens with zero attached hydrogens (tertiary/aromatic N) is 1. The van der Waals surface area contributed by atoms with Gasteiger partial charge in [-0.1, -0.05) is 17.7 Å². The molecule has 23 heavy (non-hydrogen) atoms. The number of carbonyl (C=O) groups is 1. The van der Waals surface area contributed by atoms with E-state index in [1.807, 2.05) is 37.8 Å². The molecule has 6 heteroatoms. The van der Waals surface area contributed by atoms with E-state index >= 15 is 0 Å². The van der Waals surface area contributed by atoms with E-state index in [9.17, 15) is 13.2 Å². The molecule has 1 saturated heterocycles. The molecule has 1 aromatic carbocycles. The Morgan fingerprint density at radius 2 is 1.78 bits per heavy atom. The molecule has 1 amide bonds. The lowest BCUT2D eigenvalue weighted by atomic mass is 10.1. The van der Waals surface area contributed by atoms with Crippen molar-refractivity contribution in [3.8, 4) is 0 Å². The molecule has 1 aliphatic carbocycles. The zero-order valence-electron chi connectivity index (χ0n) is 13.9. The summed E-state index contributed by atoms with van der Waals surface area (Å²) in [7, 11) is -3.55. The number of carbonyl (C=O) groups excluding carboxylic acids is 1. The largest absolute Gasteiger partial charge is 0.339 e. The molecule has 2 fully saturated rings. The summed E-state index contributed by atoms with van der Waals surface area (Å²) in [5.41, 5.74) is 2.58. The highest BCUT2D eigenvalue weighted by atomic mass is 32.2. The van der Waals surface area contributed by atoms with E-state index < -0.39 is 10.0 Å². The van der Waals surface area contributed by atoms with Crippen molar-refractivity contribution in [1.29, 1.82) is 0 Å². The van der Waals surface area contributed by atoms with Crippen molar-refractivity contribution in [3.63, 3.8) is 0 Å². The molecule has 1 aliphatic heterocycles. The fourth-order valence-electron chi connectivity index (χ4n) is 3.57. The number of benzene rings is 1. The lowest BCUT2D eigenvalue weighted by Gasteiger charge is -2.17. The Morgan fingerprint density at radius 3 is 2.35 bits per heavy atom. The lowest BCUT2D eigenvalue weighted by Crippen LogP contribution is -2.32. The van der Waals surface area contributed by atoms with Gasteiger partial charge in [0.15, 0.2) is 0 Å². The van der Waals surface area contributed by atoms with Crippen LogP contribution >= 0.6 is 0 Å². The standard InChI is InChI=1S/C17H24N2O3S/c1-11-6-12(2)17(13(3)7-11)23(21,22)18-9-14-8-16(20)19(10-14)15-4-5-15/h6-7,14-15,18H,4-5,8-10H2,1-3H3. The van der Waals surface area contributed by atoms with Crippen molar-refractivity contribution in [2.45, 2.75) is 51.0 Å². The summed E-state index contributed by atoms with van der Waals surface area (Å²) in [5, 5.41) is 0. The van der Waals surface area contributed by atoms with Crippen molar-refractivity contribution in [3.05, 3.63) is 28.8 Å². The second kappa shape index (κ2) is 5.91. The van der Waals surface area contributed by atoms with Gasteiger partial charge in [-0.15, -0.1) is 0 Å². The minimum Gasteiger partial charge on any atom is -0.339 e. The third-order valence-corrected chi connectivity index (χ3v) is 6.39. The average molecular weight is 336 g/mol. The fourth-order valence-corrected chi connectivity index (χ4v) is 5.14.